The van der Waals surface area contributed by atoms with Crippen LogP contribution in [0, 0.1) is 12.7 Å². The molecule has 0 aliphatic heterocycles. The highest BCUT2D eigenvalue weighted by atomic mass is 19.4. The quantitative estimate of drug-likeness (QED) is 0.330. The van der Waals surface area contributed by atoms with Gasteiger partial charge in [0.25, 0.3) is 0 Å². The van der Waals surface area contributed by atoms with Crippen molar-refractivity contribution in [2.45, 2.75) is 19.7 Å². The summed E-state index contributed by atoms with van der Waals surface area (Å²) in [6.45, 7) is -1.69. The number of fused-ring (bicyclic) bond motifs is 1. The number of benzene rings is 2. The molecule has 0 fully saturated rings. The van der Waals surface area contributed by atoms with Crippen LogP contribution in [-0.2, 0) is 6.18 Å². The summed E-state index contributed by atoms with van der Waals surface area (Å²) in [5.41, 5.74) is -0.606. The molecule has 0 amide bonds. The lowest BCUT2D eigenvalue weighted by Crippen LogP contribution is -2.08. The van der Waals surface area contributed by atoms with Crippen molar-refractivity contribution in [1.82, 2.24) is 14.8 Å². The van der Waals surface area contributed by atoms with Crippen molar-refractivity contribution in [2.24, 2.45) is 0 Å². The van der Waals surface area contributed by atoms with Gasteiger partial charge in [-0.2, -0.15) is 27.1 Å². The molecule has 4 aromatic rings. The lowest BCUT2D eigenvalue weighted by atomic mass is 10.0. The topological polar surface area (TPSA) is 49.2 Å². The number of halogens is 6. The fourth-order valence-corrected chi connectivity index (χ4v) is 3.44. The van der Waals surface area contributed by atoms with Crippen LogP contribution >= 0.6 is 0 Å². The van der Waals surface area contributed by atoms with Crippen LogP contribution in [0.5, 0.6) is 11.5 Å². The van der Waals surface area contributed by atoms with E-state index in [1.165, 1.54) is 43.0 Å². The van der Waals surface area contributed by atoms with Crippen molar-refractivity contribution in [3.63, 3.8) is 0 Å². The highest BCUT2D eigenvalue weighted by Crippen LogP contribution is 2.40. The summed E-state index contributed by atoms with van der Waals surface area (Å²) in [5.74, 6) is -0.901. The smallest absolute Gasteiger partial charge is 0.417 e. The van der Waals surface area contributed by atoms with Crippen LogP contribution < -0.4 is 9.47 Å². The molecular formula is C22H15F6N3O2. The number of pyridine rings is 1. The molecule has 0 saturated carbocycles. The number of aromatic nitrogens is 3. The molecule has 0 bridgehead atoms. The van der Waals surface area contributed by atoms with Crippen LogP contribution in [0.15, 0.2) is 48.5 Å². The summed E-state index contributed by atoms with van der Waals surface area (Å²) in [7, 11) is 1.21. The Morgan fingerprint density at radius 3 is 2.27 bits per heavy atom. The second kappa shape index (κ2) is 8.30. The van der Waals surface area contributed by atoms with E-state index in [4.69, 9.17) is 4.74 Å². The normalized spacial score (nSPS) is 11.9. The molecule has 4 rings (SSSR count). The number of ether oxygens (including phenoxy) is 2. The van der Waals surface area contributed by atoms with E-state index in [2.05, 4.69) is 14.8 Å². The van der Waals surface area contributed by atoms with Gasteiger partial charge in [-0.05, 0) is 55.5 Å². The number of nitrogens with zero attached hydrogens (tertiary/aromatic N) is 3. The van der Waals surface area contributed by atoms with Gasteiger partial charge in [0.15, 0.2) is 17.1 Å². The van der Waals surface area contributed by atoms with Crippen molar-refractivity contribution >= 4 is 11.0 Å². The first-order valence-electron chi connectivity index (χ1n) is 9.45. The Labute approximate surface area is 183 Å². The van der Waals surface area contributed by atoms with Crippen LogP contribution in [0.25, 0.3) is 28.0 Å². The second-order valence-corrected chi connectivity index (χ2v) is 6.97. The molecule has 0 N–H and O–H groups in total. The zero-order valence-corrected chi connectivity index (χ0v) is 17.1. The molecule has 2 aromatic heterocycles. The number of aryl methyl sites for hydroxylation is 1. The molecule has 0 atom stereocenters. The molecule has 0 aliphatic carbocycles. The van der Waals surface area contributed by atoms with E-state index >= 15 is 0 Å². The monoisotopic (exact) mass is 467 g/mol. The summed E-state index contributed by atoms with van der Waals surface area (Å²) in [5, 5.41) is 3.97. The van der Waals surface area contributed by atoms with E-state index < -0.39 is 24.2 Å². The van der Waals surface area contributed by atoms with Crippen LogP contribution in [0.4, 0.5) is 26.3 Å². The molecule has 2 heterocycles. The van der Waals surface area contributed by atoms with Gasteiger partial charge in [0.05, 0.1) is 35.1 Å². The number of hydrogen-bond acceptors (Lipinski definition) is 4. The summed E-state index contributed by atoms with van der Waals surface area (Å²) in [6.07, 6.45) is -4.74. The summed E-state index contributed by atoms with van der Waals surface area (Å²) in [4.78, 5) is 4.37. The van der Waals surface area contributed by atoms with Gasteiger partial charge in [0.1, 0.15) is 5.82 Å². The van der Waals surface area contributed by atoms with Crippen LogP contribution in [0.1, 0.15) is 11.3 Å². The molecule has 172 valence electrons. The third-order valence-electron chi connectivity index (χ3n) is 4.86. The molecule has 11 heteroatoms. The third kappa shape index (κ3) is 4.30. The average molecular weight is 467 g/mol. The molecule has 33 heavy (non-hydrogen) atoms. The Hall–Kier alpha value is -3.76. The van der Waals surface area contributed by atoms with Gasteiger partial charge in [-0.1, -0.05) is 0 Å². The maximum Gasteiger partial charge on any atom is 0.417 e. The first-order chi connectivity index (χ1) is 15.6. The van der Waals surface area contributed by atoms with Gasteiger partial charge < -0.3 is 9.47 Å². The fraction of sp³-hybridized carbons (Fsp3) is 0.182. The van der Waals surface area contributed by atoms with Crippen LogP contribution in [-0.4, -0.2) is 28.5 Å². The van der Waals surface area contributed by atoms with Crippen molar-refractivity contribution in [3.05, 3.63) is 65.6 Å². The van der Waals surface area contributed by atoms with E-state index in [-0.39, 0.29) is 39.5 Å². The zero-order chi connectivity index (χ0) is 23.9. The molecule has 0 radical (unpaired) electrons. The van der Waals surface area contributed by atoms with E-state index in [0.29, 0.717) is 5.69 Å². The van der Waals surface area contributed by atoms with Gasteiger partial charge in [-0.3, -0.25) is 0 Å². The van der Waals surface area contributed by atoms with Gasteiger partial charge in [0, 0.05) is 5.56 Å². The van der Waals surface area contributed by atoms with Crippen molar-refractivity contribution in [3.8, 4) is 28.4 Å². The van der Waals surface area contributed by atoms with E-state index in [9.17, 15) is 26.3 Å². The molecule has 0 spiro atoms. The van der Waals surface area contributed by atoms with Crippen LogP contribution in [0.3, 0.4) is 0 Å². The molecular weight excluding hydrogens is 452 g/mol. The molecule has 0 unspecified atom stereocenters. The SMILES string of the molecule is COc1cc(-c2cc(C(F)(F)F)c3c(C)nn(-c4ccc(F)cc4)c3n2)ccc1OC(F)F. The Morgan fingerprint density at radius 1 is 0.970 bits per heavy atom. The number of hydrogen-bond donors (Lipinski definition) is 0. The molecule has 5 nitrogen and oxygen atoms in total. The first kappa shape index (κ1) is 22.4. The number of alkyl halides is 5. The van der Waals surface area contributed by atoms with Gasteiger partial charge in [0.2, 0.25) is 0 Å². The lowest BCUT2D eigenvalue weighted by Gasteiger charge is -2.14. The molecule has 2 aromatic carbocycles. The molecule has 0 saturated heterocycles. The maximum absolute atomic E-state index is 14.0. The van der Waals surface area contributed by atoms with Crippen LogP contribution in [0.2, 0.25) is 0 Å². The number of rotatable bonds is 5. The van der Waals surface area contributed by atoms with Gasteiger partial charge in [-0.15, -0.1) is 0 Å². The number of methoxy groups -OCH3 is 1. The third-order valence-corrected chi connectivity index (χ3v) is 4.86. The lowest BCUT2D eigenvalue weighted by molar-refractivity contribution is -0.136. The maximum atomic E-state index is 14.0. The zero-order valence-electron chi connectivity index (χ0n) is 17.1. The highest BCUT2D eigenvalue weighted by Gasteiger charge is 2.36. The first-order valence-corrected chi connectivity index (χ1v) is 9.45. The Balaban J connectivity index is 1.96. The van der Waals surface area contributed by atoms with Crippen molar-refractivity contribution in [2.75, 3.05) is 7.11 Å². The van der Waals surface area contributed by atoms with Crippen molar-refractivity contribution in [1.29, 1.82) is 0 Å². The predicted octanol–water partition coefficient (Wildman–Crippen LogP) is 6.16. The van der Waals surface area contributed by atoms with E-state index in [1.54, 1.807) is 0 Å². The Kier molecular flexibility index (Phi) is 5.64. The second-order valence-electron chi connectivity index (χ2n) is 6.97. The minimum atomic E-state index is -4.74. The standard InChI is InChI=1S/C22H15F6N3O2/c1-11-19-15(22(26,27)28)10-16(12-3-8-17(33-21(24)25)18(9-12)32-2)29-20(19)31(30-11)14-6-4-13(23)5-7-14/h3-10,21H,1-2H3. The Morgan fingerprint density at radius 2 is 1.67 bits per heavy atom. The van der Waals surface area contributed by atoms with E-state index in [1.807, 2.05) is 0 Å². The van der Waals surface area contributed by atoms with E-state index in [0.717, 1.165) is 24.3 Å². The minimum absolute atomic E-state index is 0.0824. The fourth-order valence-electron chi connectivity index (χ4n) is 3.44. The minimum Gasteiger partial charge on any atom is -0.493 e. The van der Waals surface area contributed by atoms with Gasteiger partial charge in [-0.25, -0.2) is 14.1 Å². The predicted molar refractivity (Wildman–Crippen MR) is 107 cm³/mol. The average Bonchev–Trinajstić information content (AvgIpc) is 3.09. The van der Waals surface area contributed by atoms with Crippen molar-refractivity contribution < 1.29 is 35.8 Å². The molecule has 0 aliphatic rings. The Bertz CT molecular complexity index is 1320. The summed E-state index contributed by atoms with van der Waals surface area (Å²) < 4.78 is 91.1. The largest absolute Gasteiger partial charge is 0.493 e. The summed E-state index contributed by atoms with van der Waals surface area (Å²) in [6, 6.07) is 9.58. The highest BCUT2D eigenvalue weighted by molar-refractivity contribution is 5.87. The summed E-state index contributed by atoms with van der Waals surface area (Å²) >= 11 is 0. The van der Waals surface area contributed by atoms with Gasteiger partial charge >= 0.3 is 12.8 Å².